The van der Waals surface area contributed by atoms with Gasteiger partial charge >= 0.3 is 0 Å². The van der Waals surface area contributed by atoms with Gasteiger partial charge in [0.15, 0.2) is 0 Å². The van der Waals surface area contributed by atoms with Gasteiger partial charge in [0.1, 0.15) is 16.4 Å². The van der Waals surface area contributed by atoms with E-state index < -0.39 is 10.0 Å². The zero-order valence-electron chi connectivity index (χ0n) is 18.8. The number of anilines is 1. The number of benzene rings is 2. The molecule has 1 fully saturated rings. The van der Waals surface area contributed by atoms with E-state index in [0.717, 1.165) is 30.6 Å². The molecular formula is C24H32N2O5S. The van der Waals surface area contributed by atoms with Crippen molar-refractivity contribution < 1.29 is 22.7 Å². The van der Waals surface area contributed by atoms with Gasteiger partial charge in [-0.05, 0) is 69.0 Å². The third kappa shape index (κ3) is 6.23. The van der Waals surface area contributed by atoms with Crippen LogP contribution >= 0.6 is 0 Å². The minimum absolute atomic E-state index is 0.102. The van der Waals surface area contributed by atoms with Gasteiger partial charge < -0.3 is 14.8 Å². The van der Waals surface area contributed by atoms with E-state index in [1.54, 1.807) is 12.1 Å². The standard InChI is InChI=1S/C24H32N2O5S/c1-3-30-21-12-8-19(9-13-21)10-15-24(27)25-20-11-14-22(31-4-2)23(18-20)32(28,29)26-16-6-5-7-17-26/h8-9,11-14,18H,3-7,10,15-17H2,1-2H3,(H,25,27). The second kappa shape index (κ2) is 11.3. The van der Waals surface area contributed by atoms with Gasteiger partial charge in [0.2, 0.25) is 15.9 Å². The summed E-state index contributed by atoms with van der Waals surface area (Å²) in [5.41, 5.74) is 1.48. The van der Waals surface area contributed by atoms with E-state index in [9.17, 15) is 13.2 Å². The molecule has 0 aliphatic carbocycles. The molecule has 2 aromatic rings. The van der Waals surface area contributed by atoms with Gasteiger partial charge in [0.25, 0.3) is 0 Å². The van der Waals surface area contributed by atoms with Crippen LogP contribution in [0.2, 0.25) is 0 Å². The van der Waals surface area contributed by atoms with E-state index in [1.807, 2.05) is 38.1 Å². The Labute approximate surface area is 190 Å². The van der Waals surface area contributed by atoms with Crippen LogP contribution in [0.15, 0.2) is 47.4 Å². The molecule has 0 saturated carbocycles. The number of nitrogens with zero attached hydrogens (tertiary/aromatic N) is 1. The third-order valence-electron chi connectivity index (χ3n) is 5.34. The Morgan fingerprint density at radius 2 is 1.66 bits per heavy atom. The van der Waals surface area contributed by atoms with Crippen LogP contribution in [0.5, 0.6) is 11.5 Å². The molecule has 0 bridgehead atoms. The smallest absolute Gasteiger partial charge is 0.246 e. The topological polar surface area (TPSA) is 84.9 Å². The molecule has 7 nitrogen and oxygen atoms in total. The third-order valence-corrected chi connectivity index (χ3v) is 7.26. The van der Waals surface area contributed by atoms with E-state index in [-0.39, 0.29) is 17.2 Å². The SMILES string of the molecule is CCOc1ccc(CCC(=O)Nc2ccc(OCC)c(S(=O)(=O)N3CCCCC3)c2)cc1. The van der Waals surface area contributed by atoms with Crippen molar-refractivity contribution in [1.29, 1.82) is 0 Å². The Morgan fingerprint density at radius 3 is 2.31 bits per heavy atom. The van der Waals surface area contributed by atoms with Crippen LogP contribution in [0.1, 0.15) is 45.1 Å². The molecule has 1 saturated heterocycles. The first-order chi connectivity index (χ1) is 15.4. The number of ether oxygens (including phenoxy) is 2. The zero-order chi connectivity index (χ0) is 23.0. The first-order valence-corrected chi connectivity index (χ1v) is 12.7. The van der Waals surface area contributed by atoms with Crippen molar-refractivity contribution in [2.45, 2.75) is 50.8 Å². The molecule has 0 aromatic heterocycles. The number of rotatable bonds is 10. The number of hydrogen-bond acceptors (Lipinski definition) is 5. The van der Waals surface area contributed by atoms with Gasteiger partial charge in [-0.1, -0.05) is 18.6 Å². The molecule has 1 aliphatic rings. The van der Waals surface area contributed by atoms with Crippen molar-refractivity contribution >= 4 is 21.6 Å². The summed E-state index contributed by atoms with van der Waals surface area (Å²) in [5.74, 6) is 0.937. The highest BCUT2D eigenvalue weighted by molar-refractivity contribution is 7.89. The molecule has 32 heavy (non-hydrogen) atoms. The molecule has 0 atom stereocenters. The summed E-state index contributed by atoms with van der Waals surface area (Å²) in [6.07, 6.45) is 3.61. The Balaban J connectivity index is 1.69. The maximum absolute atomic E-state index is 13.2. The van der Waals surface area contributed by atoms with Gasteiger partial charge in [0, 0.05) is 25.2 Å². The van der Waals surface area contributed by atoms with E-state index in [2.05, 4.69) is 5.32 Å². The molecule has 1 aliphatic heterocycles. The summed E-state index contributed by atoms with van der Waals surface area (Å²) in [5, 5.41) is 2.83. The van der Waals surface area contributed by atoms with Gasteiger partial charge in [-0.2, -0.15) is 4.31 Å². The quantitative estimate of drug-likeness (QED) is 0.574. The monoisotopic (exact) mass is 460 g/mol. The first-order valence-electron chi connectivity index (χ1n) is 11.2. The summed E-state index contributed by atoms with van der Waals surface area (Å²) < 4.78 is 39.0. The fourth-order valence-corrected chi connectivity index (χ4v) is 5.38. The lowest BCUT2D eigenvalue weighted by molar-refractivity contribution is -0.116. The fourth-order valence-electron chi connectivity index (χ4n) is 3.71. The maximum atomic E-state index is 13.2. The Hall–Kier alpha value is -2.58. The van der Waals surface area contributed by atoms with Gasteiger partial charge in [-0.15, -0.1) is 0 Å². The number of carbonyl (C=O) groups excluding carboxylic acids is 1. The maximum Gasteiger partial charge on any atom is 0.246 e. The summed E-state index contributed by atoms with van der Waals surface area (Å²) in [4.78, 5) is 12.6. The Morgan fingerprint density at radius 1 is 0.969 bits per heavy atom. The van der Waals surface area contributed by atoms with Crippen molar-refractivity contribution in [3.8, 4) is 11.5 Å². The average molecular weight is 461 g/mol. The van der Waals surface area contributed by atoms with E-state index in [0.29, 0.717) is 44.2 Å². The fraction of sp³-hybridized carbons (Fsp3) is 0.458. The van der Waals surface area contributed by atoms with Gasteiger partial charge in [-0.25, -0.2) is 8.42 Å². The van der Waals surface area contributed by atoms with Gasteiger partial charge in [-0.3, -0.25) is 4.79 Å². The van der Waals surface area contributed by atoms with Crippen molar-refractivity contribution in [1.82, 2.24) is 4.31 Å². The van der Waals surface area contributed by atoms with Crippen molar-refractivity contribution in [3.63, 3.8) is 0 Å². The number of aryl methyl sites for hydroxylation is 1. The van der Waals surface area contributed by atoms with Crippen LogP contribution in [-0.2, 0) is 21.2 Å². The molecule has 0 spiro atoms. The number of hydrogen-bond donors (Lipinski definition) is 1. The molecule has 3 rings (SSSR count). The van der Waals surface area contributed by atoms with E-state index >= 15 is 0 Å². The predicted octanol–water partition coefficient (Wildman–Crippen LogP) is 4.23. The van der Waals surface area contributed by atoms with Gasteiger partial charge in [0.05, 0.1) is 13.2 Å². The number of piperidine rings is 1. The van der Waals surface area contributed by atoms with Crippen LogP contribution in [0.3, 0.4) is 0 Å². The first kappa shape index (κ1) is 24.1. The normalized spacial score (nSPS) is 14.7. The van der Waals surface area contributed by atoms with Crippen LogP contribution in [0.4, 0.5) is 5.69 Å². The summed E-state index contributed by atoms with van der Waals surface area (Å²) in [7, 11) is -3.69. The van der Waals surface area contributed by atoms with Crippen molar-refractivity contribution in [2.75, 3.05) is 31.6 Å². The van der Waals surface area contributed by atoms with E-state index in [1.165, 1.54) is 10.4 Å². The second-order valence-corrected chi connectivity index (χ2v) is 9.59. The van der Waals surface area contributed by atoms with Crippen LogP contribution < -0.4 is 14.8 Å². The van der Waals surface area contributed by atoms with Crippen molar-refractivity contribution in [3.05, 3.63) is 48.0 Å². The predicted molar refractivity (Wildman–Crippen MR) is 125 cm³/mol. The minimum atomic E-state index is -3.69. The second-order valence-electron chi connectivity index (χ2n) is 7.68. The molecule has 0 radical (unpaired) electrons. The minimum Gasteiger partial charge on any atom is -0.494 e. The van der Waals surface area contributed by atoms with Crippen LogP contribution in [0, 0.1) is 0 Å². The molecule has 174 valence electrons. The summed E-state index contributed by atoms with van der Waals surface area (Å²) >= 11 is 0. The van der Waals surface area contributed by atoms with Crippen LogP contribution in [-0.4, -0.2) is 44.9 Å². The lowest BCUT2D eigenvalue weighted by Gasteiger charge is -2.27. The Kier molecular flexibility index (Phi) is 8.53. The summed E-state index contributed by atoms with van der Waals surface area (Å²) in [6, 6.07) is 12.5. The number of amides is 1. The zero-order valence-corrected chi connectivity index (χ0v) is 19.6. The summed E-state index contributed by atoms with van der Waals surface area (Å²) in [6.45, 7) is 5.73. The number of sulfonamides is 1. The van der Waals surface area contributed by atoms with Crippen LogP contribution in [0.25, 0.3) is 0 Å². The van der Waals surface area contributed by atoms with E-state index in [4.69, 9.17) is 9.47 Å². The lowest BCUT2D eigenvalue weighted by Crippen LogP contribution is -2.35. The largest absolute Gasteiger partial charge is 0.494 e. The molecule has 2 aromatic carbocycles. The molecule has 1 N–H and O–H groups in total. The molecular weight excluding hydrogens is 428 g/mol. The lowest BCUT2D eigenvalue weighted by atomic mass is 10.1. The number of nitrogens with one attached hydrogen (secondary N) is 1. The average Bonchev–Trinajstić information content (AvgIpc) is 2.80. The molecule has 0 unspecified atom stereocenters. The number of carbonyl (C=O) groups is 1. The molecule has 8 heteroatoms. The highest BCUT2D eigenvalue weighted by atomic mass is 32.2. The highest BCUT2D eigenvalue weighted by Crippen LogP contribution is 2.31. The van der Waals surface area contributed by atoms with Crippen molar-refractivity contribution in [2.24, 2.45) is 0 Å². The molecule has 1 heterocycles. The molecule has 1 amide bonds. The Bertz CT molecular complexity index is 1000. The highest BCUT2D eigenvalue weighted by Gasteiger charge is 2.29.